The summed E-state index contributed by atoms with van der Waals surface area (Å²) in [6, 6.07) is 13.2. The lowest BCUT2D eigenvalue weighted by molar-refractivity contribution is -0.140. The molecule has 1 aliphatic carbocycles. The maximum Gasteiger partial charge on any atom is 0.305 e. The number of aryl methyl sites for hydroxylation is 1. The Hall–Kier alpha value is -2.49. The van der Waals surface area contributed by atoms with E-state index in [1.54, 1.807) is 12.1 Å². The summed E-state index contributed by atoms with van der Waals surface area (Å²) in [5.41, 5.74) is 3.05. The molecular weight excluding hydrogens is 340 g/mol. The van der Waals surface area contributed by atoms with E-state index in [4.69, 9.17) is 9.47 Å². The van der Waals surface area contributed by atoms with Crippen LogP contribution in [0.15, 0.2) is 42.5 Å². The van der Waals surface area contributed by atoms with Gasteiger partial charge in [-0.25, -0.2) is 0 Å². The maximum absolute atomic E-state index is 11.4. The molecule has 2 aromatic carbocycles. The number of carbonyl (C=O) groups is 1. The van der Waals surface area contributed by atoms with E-state index in [0.29, 0.717) is 18.8 Å². The highest BCUT2D eigenvalue weighted by Crippen LogP contribution is 2.34. The molecule has 1 aliphatic rings. The predicted molar refractivity (Wildman–Crippen MR) is 106 cm³/mol. The summed E-state index contributed by atoms with van der Waals surface area (Å²) < 4.78 is 10.9. The van der Waals surface area contributed by atoms with Gasteiger partial charge in [0.05, 0.1) is 13.7 Å². The fourth-order valence-electron chi connectivity index (χ4n) is 3.63. The van der Waals surface area contributed by atoms with Gasteiger partial charge in [-0.3, -0.25) is 4.79 Å². The molecular formula is C23H28O4. The van der Waals surface area contributed by atoms with Crippen molar-refractivity contribution in [2.45, 2.75) is 44.9 Å². The molecule has 3 rings (SSSR count). The minimum atomic E-state index is -0.209. The topological polar surface area (TPSA) is 55.8 Å². The predicted octanol–water partition coefficient (Wildman–Crippen LogP) is 5.12. The van der Waals surface area contributed by atoms with Crippen LogP contribution in [0.2, 0.25) is 0 Å². The molecule has 4 heteroatoms. The molecule has 4 nitrogen and oxygen atoms in total. The van der Waals surface area contributed by atoms with Crippen LogP contribution >= 0.6 is 0 Å². The van der Waals surface area contributed by atoms with Gasteiger partial charge in [0.2, 0.25) is 0 Å². The van der Waals surface area contributed by atoms with E-state index in [-0.39, 0.29) is 11.7 Å². The van der Waals surface area contributed by atoms with Gasteiger partial charge in [-0.15, -0.1) is 0 Å². The van der Waals surface area contributed by atoms with Crippen molar-refractivity contribution in [1.29, 1.82) is 0 Å². The number of carbonyl (C=O) groups excluding carboxylic acids is 1. The first-order chi connectivity index (χ1) is 13.2. The summed E-state index contributed by atoms with van der Waals surface area (Å²) in [6.45, 7) is 0.743. The molecule has 0 radical (unpaired) electrons. The van der Waals surface area contributed by atoms with Crippen LogP contribution in [-0.4, -0.2) is 24.8 Å². The minimum Gasteiger partial charge on any atom is -0.508 e. The first-order valence-corrected chi connectivity index (χ1v) is 9.77. The van der Waals surface area contributed by atoms with Crippen LogP contribution in [0.1, 0.15) is 44.1 Å². The van der Waals surface area contributed by atoms with Gasteiger partial charge in [0.15, 0.2) is 0 Å². The number of methoxy groups -OCH3 is 1. The number of hydrogen-bond acceptors (Lipinski definition) is 4. The summed E-state index contributed by atoms with van der Waals surface area (Å²) in [5, 5.41) is 9.59. The maximum atomic E-state index is 11.4. The smallest absolute Gasteiger partial charge is 0.305 e. The van der Waals surface area contributed by atoms with Gasteiger partial charge in [0.1, 0.15) is 11.5 Å². The Balaban J connectivity index is 1.79. The van der Waals surface area contributed by atoms with E-state index in [9.17, 15) is 9.90 Å². The van der Waals surface area contributed by atoms with Gasteiger partial charge >= 0.3 is 5.97 Å². The Morgan fingerprint density at radius 3 is 2.52 bits per heavy atom. The highest BCUT2D eigenvalue weighted by molar-refractivity contribution is 5.72. The molecule has 0 atom stereocenters. The molecule has 1 fully saturated rings. The Bertz CT molecular complexity index is 745. The molecule has 144 valence electrons. The van der Waals surface area contributed by atoms with Crippen molar-refractivity contribution >= 4 is 5.97 Å². The molecule has 0 unspecified atom stereocenters. The molecule has 0 aliphatic heterocycles. The third-order valence-electron chi connectivity index (χ3n) is 5.27. The Morgan fingerprint density at radius 1 is 1.07 bits per heavy atom. The van der Waals surface area contributed by atoms with Gasteiger partial charge < -0.3 is 14.6 Å². The number of ether oxygens (including phenoxy) is 2. The Morgan fingerprint density at radius 2 is 1.81 bits per heavy atom. The third kappa shape index (κ3) is 5.49. The second-order valence-electron chi connectivity index (χ2n) is 7.27. The lowest BCUT2D eigenvalue weighted by atomic mass is 9.90. The minimum absolute atomic E-state index is 0.209. The molecule has 0 heterocycles. The Kier molecular flexibility index (Phi) is 6.74. The van der Waals surface area contributed by atoms with Crippen molar-refractivity contribution in [1.82, 2.24) is 0 Å². The van der Waals surface area contributed by atoms with Gasteiger partial charge in [0.25, 0.3) is 0 Å². The second-order valence-corrected chi connectivity index (χ2v) is 7.27. The number of phenolic OH excluding ortho intramolecular Hbond substituents is 1. The van der Waals surface area contributed by atoms with E-state index >= 15 is 0 Å². The van der Waals surface area contributed by atoms with Crippen LogP contribution < -0.4 is 4.74 Å². The van der Waals surface area contributed by atoms with E-state index in [1.165, 1.54) is 39.2 Å². The van der Waals surface area contributed by atoms with Gasteiger partial charge in [-0.1, -0.05) is 37.5 Å². The molecule has 0 spiro atoms. The van der Waals surface area contributed by atoms with Crippen LogP contribution in [0.3, 0.4) is 0 Å². The summed E-state index contributed by atoms with van der Waals surface area (Å²) in [5.74, 6) is 1.52. The average molecular weight is 368 g/mol. The molecule has 27 heavy (non-hydrogen) atoms. The zero-order chi connectivity index (χ0) is 19.1. The van der Waals surface area contributed by atoms with Crippen molar-refractivity contribution < 1.29 is 19.4 Å². The van der Waals surface area contributed by atoms with Crippen molar-refractivity contribution in [2.24, 2.45) is 5.92 Å². The zero-order valence-electron chi connectivity index (χ0n) is 15.9. The molecule has 0 amide bonds. The van der Waals surface area contributed by atoms with E-state index in [0.717, 1.165) is 29.0 Å². The summed E-state index contributed by atoms with van der Waals surface area (Å²) in [6.07, 6.45) is 7.40. The van der Waals surface area contributed by atoms with E-state index < -0.39 is 0 Å². The molecule has 1 saturated carbocycles. The number of aromatic hydroxyl groups is 1. The van der Waals surface area contributed by atoms with Gasteiger partial charge in [-0.05, 0) is 60.6 Å². The average Bonchev–Trinajstić information content (AvgIpc) is 2.72. The monoisotopic (exact) mass is 368 g/mol. The first kappa shape index (κ1) is 19.3. The number of phenols is 1. The zero-order valence-corrected chi connectivity index (χ0v) is 15.9. The van der Waals surface area contributed by atoms with Crippen molar-refractivity contribution in [2.75, 3.05) is 13.7 Å². The summed E-state index contributed by atoms with van der Waals surface area (Å²) in [4.78, 5) is 11.4. The van der Waals surface area contributed by atoms with Gasteiger partial charge in [-0.2, -0.15) is 0 Å². The fourth-order valence-corrected chi connectivity index (χ4v) is 3.63. The van der Waals surface area contributed by atoms with Crippen LogP contribution in [0.5, 0.6) is 11.5 Å². The molecule has 2 aromatic rings. The summed E-state index contributed by atoms with van der Waals surface area (Å²) in [7, 11) is 1.41. The van der Waals surface area contributed by atoms with E-state index in [1.807, 2.05) is 24.3 Å². The molecule has 0 aromatic heterocycles. The van der Waals surface area contributed by atoms with Crippen LogP contribution in [-0.2, 0) is 16.0 Å². The molecule has 0 bridgehead atoms. The Labute approximate surface area is 161 Å². The quantitative estimate of drug-likeness (QED) is 0.689. The van der Waals surface area contributed by atoms with Crippen molar-refractivity contribution in [3.8, 4) is 22.6 Å². The lowest BCUT2D eigenvalue weighted by Crippen LogP contribution is -2.15. The number of benzene rings is 2. The highest BCUT2D eigenvalue weighted by Gasteiger charge is 2.16. The fraction of sp³-hybridized carbons (Fsp3) is 0.435. The first-order valence-electron chi connectivity index (χ1n) is 9.77. The van der Waals surface area contributed by atoms with Crippen LogP contribution in [0, 0.1) is 5.92 Å². The van der Waals surface area contributed by atoms with Crippen molar-refractivity contribution in [3.63, 3.8) is 0 Å². The standard InChI is InChI=1S/C23H28O4/c1-26-23(25)14-8-17-7-13-22(27-16-18-5-3-2-4-6-18)21(15-17)19-9-11-20(24)12-10-19/h7,9-13,15,18,24H,2-6,8,14,16H2,1H3. The van der Waals surface area contributed by atoms with Gasteiger partial charge in [0, 0.05) is 12.0 Å². The normalized spacial score (nSPS) is 14.7. The highest BCUT2D eigenvalue weighted by atomic mass is 16.5. The molecule has 0 saturated heterocycles. The third-order valence-corrected chi connectivity index (χ3v) is 5.27. The molecule has 1 N–H and O–H groups in total. The number of rotatable bonds is 7. The summed E-state index contributed by atoms with van der Waals surface area (Å²) >= 11 is 0. The van der Waals surface area contributed by atoms with Crippen molar-refractivity contribution in [3.05, 3.63) is 48.0 Å². The second kappa shape index (κ2) is 9.45. The van der Waals surface area contributed by atoms with Crippen LogP contribution in [0.4, 0.5) is 0 Å². The number of esters is 1. The largest absolute Gasteiger partial charge is 0.508 e. The lowest BCUT2D eigenvalue weighted by Gasteiger charge is -2.22. The SMILES string of the molecule is COC(=O)CCc1ccc(OCC2CCCCC2)c(-c2ccc(O)cc2)c1. The van der Waals surface area contributed by atoms with Crippen LogP contribution in [0.25, 0.3) is 11.1 Å². The number of hydrogen-bond donors (Lipinski definition) is 1. The van der Waals surface area contributed by atoms with E-state index in [2.05, 4.69) is 6.07 Å².